The summed E-state index contributed by atoms with van der Waals surface area (Å²) in [5.41, 5.74) is -0.603. The molecule has 1 rings (SSSR count). The standard InChI is InChI=1S/C13H23N3O5/c1-3-5-14-10(17)4-6-15-12(20)16-8-13(2,9-16)21-7-11(18)19/h3-9H2,1-2H3,(H,14,17)(H,15,20)(H,18,19). The average molecular weight is 301 g/mol. The second-order valence-corrected chi connectivity index (χ2v) is 5.32. The highest BCUT2D eigenvalue weighted by atomic mass is 16.5. The third-order valence-corrected chi connectivity index (χ3v) is 3.08. The van der Waals surface area contributed by atoms with Crippen LogP contribution in [0.1, 0.15) is 26.7 Å². The second-order valence-electron chi connectivity index (χ2n) is 5.32. The first-order valence-electron chi connectivity index (χ1n) is 7.01. The summed E-state index contributed by atoms with van der Waals surface area (Å²) in [5, 5.41) is 13.9. The van der Waals surface area contributed by atoms with Gasteiger partial charge < -0.3 is 25.4 Å². The molecule has 0 aromatic heterocycles. The number of carbonyl (C=O) groups excluding carboxylic acids is 2. The van der Waals surface area contributed by atoms with Crippen molar-refractivity contribution in [1.29, 1.82) is 0 Å². The van der Waals surface area contributed by atoms with Gasteiger partial charge in [0.25, 0.3) is 0 Å². The molecule has 0 atom stereocenters. The van der Waals surface area contributed by atoms with Gasteiger partial charge in [0.2, 0.25) is 5.91 Å². The number of hydrogen-bond donors (Lipinski definition) is 3. The zero-order valence-corrected chi connectivity index (χ0v) is 12.5. The summed E-state index contributed by atoms with van der Waals surface area (Å²) >= 11 is 0. The molecular formula is C13H23N3O5. The summed E-state index contributed by atoms with van der Waals surface area (Å²) in [5.74, 6) is -1.12. The van der Waals surface area contributed by atoms with Crippen molar-refractivity contribution < 1.29 is 24.2 Å². The Morgan fingerprint density at radius 3 is 2.48 bits per heavy atom. The van der Waals surface area contributed by atoms with Crippen molar-refractivity contribution in [2.24, 2.45) is 0 Å². The van der Waals surface area contributed by atoms with Gasteiger partial charge in [-0.25, -0.2) is 9.59 Å². The molecule has 8 nitrogen and oxygen atoms in total. The summed E-state index contributed by atoms with van der Waals surface area (Å²) in [4.78, 5) is 35.0. The Kier molecular flexibility index (Phi) is 6.41. The summed E-state index contributed by atoms with van der Waals surface area (Å²) in [6.07, 6.45) is 1.12. The van der Waals surface area contributed by atoms with Crippen molar-refractivity contribution in [3.8, 4) is 0 Å². The van der Waals surface area contributed by atoms with Crippen LogP contribution in [0.15, 0.2) is 0 Å². The smallest absolute Gasteiger partial charge is 0.329 e. The highest BCUT2D eigenvalue weighted by Crippen LogP contribution is 2.24. The molecule has 1 heterocycles. The van der Waals surface area contributed by atoms with Gasteiger partial charge in [0.1, 0.15) is 12.2 Å². The number of carbonyl (C=O) groups is 3. The number of ether oxygens (including phenoxy) is 1. The van der Waals surface area contributed by atoms with Gasteiger partial charge in [-0.3, -0.25) is 4.79 Å². The molecule has 1 aliphatic rings. The molecule has 1 fully saturated rings. The van der Waals surface area contributed by atoms with E-state index in [1.165, 1.54) is 4.90 Å². The lowest BCUT2D eigenvalue weighted by atomic mass is 9.97. The van der Waals surface area contributed by atoms with Crippen molar-refractivity contribution in [1.82, 2.24) is 15.5 Å². The minimum atomic E-state index is -1.03. The SMILES string of the molecule is CCCNC(=O)CCNC(=O)N1CC(C)(OCC(=O)O)C1. The fourth-order valence-corrected chi connectivity index (χ4v) is 1.98. The van der Waals surface area contributed by atoms with Crippen molar-refractivity contribution in [3.63, 3.8) is 0 Å². The minimum Gasteiger partial charge on any atom is -0.480 e. The summed E-state index contributed by atoms with van der Waals surface area (Å²) in [6.45, 7) is 4.95. The van der Waals surface area contributed by atoms with Gasteiger partial charge in [-0.05, 0) is 13.3 Å². The van der Waals surface area contributed by atoms with Crippen molar-refractivity contribution in [3.05, 3.63) is 0 Å². The van der Waals surface area contributed by atoms with Gasteiger partial charge >= 0.3 is 12.0 Å². The first-order valence-corrected chi connectivity index (χ1v) is 7.01. The van der Waals surface area contributed by atoms with Crippen LogP contribution in [0.25, 0.3) is 0 Å². The van der Waals surface area contributed by atoms with E-state index in [-0.39, 0.29) is 31.5 Å². The highest BCUT2D eigenvalue weighted by molar-refractivity contribution is 5.78. The molecule has 0 aromatic rings. The molecule has 120 valence electrons. The topological polar surface area (TPSA) is 108 Å². The predicted molar refractivity (Wildman–Crippen MR) is 74.9 cm³/mol. The highest BCUT2D eigenvalue weighted by Gasteiger charge is 2.42. The van der Waals surface area contributed by atoms with Crippen LogP contribution < -0.4 is 10.6 Å². The van der Waals surface area contributed by atoms with E-state index in [2.05, 4.69) is 10.6 Å². The second kappa shape index (κ2) is 7.82. The monoisotopic (exact) mass is 301 g/mol. The fraction of sp³-hybridized carbons (Fsp3) is 0.769. The summed E-state index contributed by atoms with van der Waals surface area (Å²) < 4.78 is 5.21. The molecule has 0 aliphatic carbocycles. The Labute approximate surface area is 123 Å². The third kappa shape index (κ3) is 5.99. The maximum absolute atomic E-state index is 11.8. The Morgan fingerprint density at radius 2 is 1.90 bits per heavy atom. The molecule has 21 heavy (non-hydrogen) atoms. The zero-order valence-electron chi connectivity index (χ0n) is 12.5. The number of hydrogen-bond acceptors (Lipinski definition) is 4. The van der Waals surface area contributed by atoms with E-state index in [4.69, 9.17) is 9.84 Å². The number of aliphatic carboxylic acids is 1. The van der Waals surface area contributed by atoms with Gasteiger partial charge in [0.15, 0.2) is 0 Å². The average Bonchev–Trinajstić information content (AvgIpc) is 2.39. The van der Waals surface area contributed by atoms with Crippen molar-refractivity contribution in [2.45, 2.75) is 32.3 Å². The zero-order chi connectivity index (χ0) is 15.9. The van der Waals surface area contributed by atoms with E-state index in [0.717, 1.165) is 6.42 Å². The van der Waals surface area contributed by atoms with Gasteiger partial charge in [0, 0.05) is 19.5 Å². The molecule has 8 heteroatoms. The Morgan fingerprint density at radius 1 is 1.24 bits per heavy atom. The van der Waals surface area contributed by atoms with E-state index in [1.54, 1.807) is 6.92 Å². The summed E-state index contributed by atoms with van der Waals surface area (Å²) in [6, 6.07) is -0.269. The first kappa shape index (κ1) is 17.2. The lowest BCUT2D eigenvalue weighted by Crippen LogP contribution is -2.65. The van der Waals surface area contributed by atoms with Gasteiger partial charge in [-0.2, -0.15) is 0 Å². The quantitative estimate of drug-likeness (QED) is 0.575. The van der Waals surface area contributed by atoms with E-state index in [9.17, 15) is 14.4 Å². The largest absolute Gasteiger partial charge is 0.480 e. The number of likely N-dealkylation sites (tertiary alicyclic amines) is 1. The maximum Gasteiger partial charge on any atom is 0.329 e. The van der Waals surface area contributed by atoms with E-state index < -0.39 is 11.6 Å². The molecule has 0 saturated carbocycles. The molecule has 0 radical (unpaired) electrons. The molecule has 0 aromatic carbocycles. The normalized spacial score (nSPS) is 16.0. The van der Waals surface area contributed by atoms with E-state index in [1.807, 2.05) is 6.92 Å². The minimum absolute atomic E-state index is 0.0876. The fourth-order valence-electron chi connectivity index (χ4n) is 1.98. The Hall–Kier alpha value is -1.83. The van der Waals surface area contributed by atoms with E-state index in [0.29, 0.717) is 19.6 Å². The third-order valence-electron chi connectivity index (χ3n) is 3.08. The number of urea groups is 1. The summed E-state index contributed by atoms with van der Waals surface area (Å²) in [7, 11) is 0. The Balaban J connectivity index is 2.15. The van der Waals surface area contributed by atoms with Gasteiger partial charge in [-0.1, -0.05) is 6.92 Å². The lowest BCUT2D eigenvalue weighted by Gasteiger charge is -2.46. The first-order chi connectivity index (χ1) is 9.86. The maximum atomic E-state index is 11.8. The van der Waals surface area contributed by atoms with Crippen LogP contribution in [-0.4, -0.2) is 66.3 Å². The number of carboxylic acids is 1. The number of amides is 3. The number of carboxylic acid groups (broad SMARTS) is 1. The molecule has 0 bridgehead atoms. The predicted octanol–water partition coefficient (Wildman–Crippen LogP) is -0.212. The van der Waals surface area contributed by atoms with Crippen LogP contribution in [0, 0.1) is 0 Å². The van der Waals surface area contributed by atoms with Crippen LogP contribution in [0.5, 0.6) is 0 Å². The molecule has 3 N–H and O–H groups in total. The van der Waals surface area contributed by atoms with Gasteiger partial charge in [0.05, 0.1) is 13.1 Å². The van der Waals surface area contributed by atoms with Crippen LogP contribution in [0.2, 0.25) is 0 Å². The van der Waals surface area contributed by atoms with Gasteiger partial charge in [-0.15, -0.1) is 0 Å². The van der Waals surface area contributed by atoms with E-state index >= 15 is 0 Å². The molecule has 0 spiro atoms. The molecule has 0 unspecified atom stereocenters. The van der Waals surface area contributed by atoms with Crippen molar-refractivity contribution in [2.75, 3.05) is 32.8 Å². The number of nitrogens with zero attached hydrogens (tertiary/aromatic N) is 1. The van der Waals surface area contributed by atoms with Crippen LogP contribution >= 0.6 is 0 Å². The van der Waals surface area contributed by atoms with Crippen LogP contribution in [0.3, 0.4) is 0 Å². The number of rotatable bonds is 8. The van der Waals surface area contributed by atoms with Crippen molar-refractivity contribution >= 4 is 17.9 Å². The molecule has 1 saturated heterocycles. The molecule has 3 amide bonds. The number of nitrogens with one attached hydrogen (secondary N) is 2. The van der Waals surface area contributed by atoms with Crippen LogP contribution in [-0.2, 0) is 14.3 Å². The molecular weight excluding hydrogens is 278 g/mol. The Bertz CT molecular complexity index is 393. The van der Waals surface area contributed by atoms with Crippen LogP contribution in [0.4, 0.5) is 4.79 Å². The lowest BCUT2D eigenvalue weighted by molar-refractivity contribution is -0.159. The molecule has 1 aliphatic heterocycles.